The number of phenols is 1. The fraction of sp³-hybridized carbons (Fsp3) is 0.222. The van der Waals surface area contributed by atoms with Gasteiger partial charge in [0.15, 0.2) is 16.3 Å². The van der Waals surface area contributed by atoms with Gasteiger partial charge in [-0.3, -0.25) is 9.36 Å². The third-order valence-corrected chi connectivity index (χ3v) is 7.24. The third-order valence-electron chi connectivity index (χ3n) is 5.65. The lowest BCUT2D eigenvalue weighted by Crippen LogP contribution is -2.39. The number of aromatic hydroxyl groups is 1. The van der Waals surface area contributed by atoms with Crippen LogP contribution in [0.5, 0.6) is 17.2 Å². The SMILES string of the molecule is C=CCOc1ccc([C@H]2C(C(=O)OCC)=C(C)N=c3sc(=Cc4cc(Br)c(O)c(OC)c4)c(=O)n32)cc1. The molecule has 0 saturated carbocycles. The summed E-state index contributed by atoms with van der Waals surface area (Å²) >= 11 is 4.52. The van der Waals surface area contributed by atoms with E-state index in [4.69, 9.17) is 14.2 Å². The molecule has 1 aromatic heterocycles. The van der Waals surface area contributed by atoms with Crippen molar-refractivity contribution in [2.24, 2.45) is 4.99 Å². The van der Waals surface area contributed by atoms with Crippen molar-refractivity contribution in [1.29, 1.82) is 0 Å². The summed E-state index contributed by atoms with van der Waals surface area (Å²) < 4.78 is 18.5. The lowest BCUT2D eigenvalue weighted by Gasteiger charge is -2.24. The second-order valence-electron chi connectivity index (χ2n) is 8.02. The highest BCUT2D eigenvalue weighted by atomic mass is 79.9. The molecule has 1 atom stereocenters. The summed E-state index contributed by atoms with van der Waals surface area (Å²) in [7, 11) is 1.45. The van der Waals surface area contributed by atoms with Crippen LogP contribution in [0, 0.1) is 0 Å². The third kappa shape index (κ3) is 5.26. The van der Waals surface area contributed by atoms with E-state index in [1.165, 1.54) is 23.0 Å². The molecule has 1 aliphatic heterocycles. The van der Waals surface area contributed by atoms with Gasteiger partial charge in [0.1, 0.15) is 12.4 Å². The molecule has 1 aliphatic rings. The van der Waals surface area contributed by atoms with Crippen molar-refractivity contribution in [2.45, 2.75) is 19.9 Å². The zero-order valence-corrected chi connectivity index (χ0v) is 22.9. The van der Waals surface area contributed by atoms with E-state index in [1.807, 2.05) is 12.1 Å². The molecule has 2 heterocycles. The molecule has 2 aromatic carbocycles. The van der Waals surface area contributed by atoms with Gasteiger partial charge in [0.2, 0.25) is 0 Å². The molecule has 0 spiro atoms. The largest absolute Gasteiger partial charge is 0.503 e. The number of thiazole rings is 1. The molecular weight excluding hydrogens is 560 g/mol. The molecular formula is C27H25BrN2O6S. The average molecular weight is 585 g/mol. The minimum atomic E-state index is -0.730. The van der Waals surface area contributed by atoms with Gasteiger partial charge in [-0.15, -0.1) is 0 Å². The molecule has 8 nitrogen and oxygen atoms in total. The Labute approximate surface area is 225 Å². The Morgan fingerprint density at radius 2 is 2.03 bits per heavy atom. The topological polar surface area (TPSA) is 99.4 Å². The molecule has 0 unspecified atom stereocenters. The van der Waals surface area contributed by atoms with Crippen LogP contribution in [0.2, 0.25) is 0 Å². The Bertz CT molecular complexity index is 1570. The van der Waals surface area contributed by atoms with E-state index in [0.29, 0.717) is 48.6 Å². The normalized spacial score (nSPS) is 15.1. The molecule has 1 N–H and O–H groups in total. The Kier molecular flexibility index (Phi) is 7.99. The van der Waals surface area contributed by atoms with Crippen molar-refractivity contribution < 1.29 is 24.1 Å². The number of carbonyl (C=O) groups excluding carboxylic acids is 1. The average Bonchev–Trinajstić information content (AvgIpc) is 3.18. The predicted octanol–water partition coefficient (Wildman–Crippen LogP) is 3.84. The molecule has 37 heavy (non-hydrogen) atoms. The first-order valence-electron chi connectivity index (χ1n) is 11.4. The van der Waals surface area contributed by atoms with E-state index in [9.17, 15) is 14.7 Å². The minimum absolute atomic E-state index is 0.0312. The van der Waals surface area contributed by atoms with Gasteiger partial charge < -0.3 is 19.3 Å². The molecule has 0 bridgehead atoms. The number of esters is 1. The number of nitrogens with zero attached hydrogens (tertiary/aromatic N) is 2. The second kappa shape index (κ2) is 11.2. The van der Waals surface area contributed by atoms with E-state index in [-0.39, 0.29) is 23.7 Å². The van der Waals surface area contributed by atoms with Crippen LogP contribution in [0.15, 0.2) is 74.6 Å². The highest BCUT2D eigenvalue weighted by Crippen LogP contribution is 2.35. The number of phenolic OH excluding ortho intramolecular Hbond substituents is 1. The molecule has 10 heteroatoms. The zero-order chi connectivity index (χ0) is 26.7. The van der Waals surface area contributed by atoms with E-state index in [2.05, 4.69) is 27.5 Å². The van der Waals surface area contributed by atoms with E-state index in [1.54, 1.807) is 50.3 Å². The zero-order valence-electron chi connectivity index (χ0n) is 20.5. The molecule has 4 rings (SSSR count). The fourth-order valence-corrected chi connectivity index (χ4v) is 5.50. The van der Waals surface area contributed by atoms with Gasteiger partial charge >= 0.3 is 5.97 Å². The van der Waals surface area contributed by atoms with Crippen molar-refractivity contribution in [3.05, 3.63) is 95.6 Å². The first-order valence-corrected chi connectivity index (χ1v) is 13.0. The summed E-state index contributed by atoms with van der Waals surface area (Å²) in [5, 5.41) is 10.1. The molecule has 0 amide bonds. The Hall–Kier alpha value is -3.63. The number of rotatable bonds is 8. The van der Waals surface area contributed by atoms with Crippen LogP contribution in [0.4, 0.5) is 0 Å². The van der Waals surface area contributed by atoms with Crippen LogP contribution in [-0.2, 0) is 9.53 Å². The summed E-state index contributed by atoms with van der Waals surface area (Å²) in [6, 6.07) is 9.80. The monoisotopic (exact) mass is 584 g/mol. The maximum absolute atomic E-state index is 13.7. The molecule has 0 fully saturated rings. The number of ether oxygens (including phenoxy) is 3. The van der Waals surface area contributed by atoms with E-state index < -0.39 is 12.0 Å². The molecule has 0 saturated heterocycles. The highest BCUT2D eigenvalue weighted by Gasteiger charge is 2.33. The summed E-state index contributed by atoms with van der Waals surface area (Å²) in [6.45, 7) is 7.67. The molecule has 0 radical (unpaired) electrons. The summed E-state index contributed by atoms with van der Waals surface area (Å²) in [6.07, 6.45) is 3.35. The molecule has 0 aliphatic carbocycles. The Morgan fingerprint density at radius 1 is 1.30 bits per heavy atom. The van der Waals surface area contributed by atoms with Crippen molar-refractivity contribution in [3.63, 3.8) is 0 Å². The maximum atomic E-state index is 13.7. The van der Waals surface area contributed by atoms with Crippen LogP contribution in [0.25, 0.3) is 6.08 Å². The van der Waals surface area contributed by atoms with Crippen LogP contribution >= 0.6 is 27.3 Å². The fourth-order valence-electron chi connectivity index (χ4n) is 3.99. The number of carbonyl (C=O) groups is 1. The van der Waals surface area contributed by atoms with Gasteiger partial charge in [0.25, 0.3) is 5.56 Å². The number of hydrogen-bond acceptors (Lipinski definition) is 8. The summed E-state index contributed by atoms with van der Waals surface area (Å²) in [4.78, 5) is 31.8. The van der Waals surface area contributed by atoms with Crippen molar-refractivity contribution in [1.82, 2.24) is 4.57 Å². The number of halogens is 1. The smallest absolute Gasteiger partial charge is 0.338 e. The highest BCUT2D eigenvalue weighted by molar-refractivity contribution is 9.10. The number of aromatic nitrogens is 1. The van der Waals surface area contributed by atoms with Crippen molar-refractivity contribution >= 4 is 39.3 Å². The number of fused-ring (bicyclic) bond motifs is 1. The maximum Gasteiger partial charge on any atom is 0.338 e. The lowest BCUT2D eigenvalue weighted by atomic mass is 9.96. The number of allylic oxidation sites excluding steroid dienone is 1. The second-order valence-corrected chi connectivity index (χ2v) is 9.89. The van der Waals surface area contributed by atoms with Gasteiger partial charge in [0.05, 0.1) is 40.0 Å². The van der Waals surface area contributed by atoms with Crippen LogP contribution in [0.1, 0.15) is 31.0 Å². The molecule has 3 aromatic rings. The quantitative estimate of drug-likeness (QED) is 0.319. The van der Waals surface area contributed by atoms with Crippen molar-refractivity contribution in [2.75, 3.05) is 20.3 Å². The van der Waals surface area contributed by atoms with Crippen LogP contribution < -0.4 is 24.4 Å². The lowest BCUT2D eigenvalue weighted by molar-refractivity contribution is -0.139. The van der Waals surface area contributed by atoms with E-state index >= 15 is 0 Å². The first-order chi connectivity index (χ1) is 17.8. The van der Waals surface area contributed by atoms with Gasteiger partial charge in [0, 0.05) is 0 Å². The van der Waals surface area contributed by atoms with E-state index in [0.717, 1.165) is 0 Å². The van der Waals surface area contributed by atoms with Gasteiger partial charge in [-0.05, 0) is 71.2 Å². The van der Waals surface area contributed by atoms with Gasteiger partial charge in [-0.1, -0.05) is 36.1 Å². The first kappa shape index (κ1) is 26.4. The Morgan fingerprint density at radius 3 is 2.68 bits per heavy atom. The summed E-state index contributed by atoms with van der Waals surface area (Å²) in [5.74, 6) is 0.352. The van der Waals surface area contributed by atoms with Crippen molar-refractivity contribution in [3.8, 4) is 17.2 Å². The predicted molar refractivity (Wildman–Crippen MR) is 145 cm³/mol. The number of benzene rings is 2. The standard InChI is InChI=1S/C27H25BrN2O6S/c1-5-11-36-18-9-7-17(8-10-18)23-22(26(33)35-6-2)15(3)29-27-30(23)25(32)21(37-27)14-16-12-19(28)24(31)20(13-16)34-4/h5,7-10,12-14,23,31H,1,6,11H2,2-4H3/t23-/m0/s1. The number of methoxy groups -OCH3 is 1. The minimum Gasteiger partial charge on any atom is -0.503 e. The number of hydrogen-bond donors (Lipinski definition) is 1. The summed E-state index contributed by atoms with van der Waals surface area (Å²) in [5.41, 5.74) is 1.84. The van der Waals surface area contributed by atoms with Crippen LogP contribution in [0.3, 0.4) is 0 Å². The molecule has 192 valence electrons. The van der Waals surface area contributed by atoms with Gasteiger partial charge in [-0.25, -0.2) is 9.79 Å². The Balaban J connectivity index is 1.90. The van der Waals surface area contributed by atoms with Gasteiger partial charge in [-0.2, -0.15) is 0 Å². The van der Waals surface area contributed by atoms with Crippen LogP contribution in [-0.4, -0.2) is 36.0 Å².